The van der Waals surface area contributed by atoms with E-state index in [0.29, 0.717) is 45.9 Å². The van der Waals surface area contributed by atoms with Crippen LogP contribution in [-0.2, 0) is 27.2 Å². The summed E-state index contributed by atoms with van der Waals surface area (Å²) in [6, 6.07) is 9.05. The van der Waals surface area contributed by atoms with Crippen molar-refractivity contribution in [1.82, 2.24) is 14.7 Å². The van der Waals surface area contributed by atoms with Gasteiger partial charge in [0.05, 0.1) is 13.1 Å². The molecule has 0 aromatic heterocycles. The van der Waals surface area contributed by atoms with Crippen LogP contribution in [0.1, 0.15) is 31.4 Å². The lowest BCUT2D eigenvalue weighted by Gasteiger charge is -2.33. The highest BCUT2D eigenvalue weighted by Crippen LogP contribution is 2.24. The van der Waals surface area contributed by atoms with E-state index in [4.69, 9.17) is 57.9 Å². The van der Waals surface area contributed by atoms with Crippen LogP contribution in [0.25, 0.3) is 0 Å². The zero-order chi connectivity index (χ0) is 30.5. The third kappa shape index (κ3) is 10.8. The van der Waals surface area contributed by atoms with Crippen molar-refractivity contribution in [3.05, 3.63) is 67.6 Å². The van der Waals surface area contributed by atoms with Crippen molar-refractivity contribution in [3.63, 3.8) is 0 Å². The minimum atomic E-state index is -1.29. The Balaban J connectivity index is 2.40. The number of nitrogens with zero attached hydrogens (tertiary/aromatic N) is 3. The summed E-state index contributed by atoms with van der Waals surface area (Å²) in [6.07, 6.45) is 1.38. The summed E-state index contributed by atoms with van der Waals surface area (Å²) >= 11 is 25.0. The first kappa shape index (κ1) is 35.4. The molecule has 0 unspecified atom stereocenters. The van der Waals surface area contributed by atoms with Gasteiger partial charge in [0.15, 0.2) is 11.8 Å². The predicted octanol–water partition coefficient (Wildman–Crippen LogP) is 4.33. The van der Waals surface area contributed by atoms with Gasteiger partial charge in [0, 0.05) is 39.7 Å². The number of hydrogen-bond donors (Lipinski definition) is 2. The van der Waals surface area contributed by atoms with Gasteiger partial charge in [0.1, 0.15) is 0 Å². The minimum Gasteiger partial charge on any atom is -0.324 e. The molecule has 4 N–H and O–H groups in total. The van der Waals surface area contributed by atoms with E-state index in [1.165, 1.54) is 0 Å². The summed E-state index contributed by atoms with van der Waals surface area (Å²) in [5.74, 6) is -1.69. The van der Waals surface area contributed by atoms with Crippen LogP contribution in [-0.4, -0.2) is 90.7 Å². The van der Waals surface area contributed by atoms with Crippen LogP contribution in [0.15, 0.2) is 36.4 Å². The van der Waals surface area contributed by atoms with Crippen molar-refractivity contribution in [1.29, 1.82) is 0 Å². The van der Waals surface area contributed by atoms with Crippen molar-refractivity contribution < 1.29 is 14.4 Å². The highest BCUT2D eigenvalue weighted by Gasteiger charge is 2.37. The van der Waals surface area contributed by atoms with E-state index in [1.807, 2.05) is 13.8 Å². The molecule has 8 nitrogen and oxygen atoms in total. The molecule has 0 saturated heterocycles. The fraction of sp³-hybridized carbons (Fsp3) is 0.483. The van der Waals surface area contributed by atoms with Crippen LogP contribution in [0.2, 0.25) is 20.1 Å². The molecule has 2 aromatic rings. The van der Waals surface area contributed by atoms with E-state index in [2.05, 4.69) is 4.90 Å². The van der Waals surface area contributed by atoms with E-state index in [9.17, 15) is 14.4 Å². The van der Waals surface area contributed by atoms with Crippen molar-refractivity contribution in [2.45, 2.75) is 39.2 Å². The van der Waals surface area contributed by atoms with Gasteiger partial charge in [-0.05, 0) is 74.3 Å². The van der Waals surface area contributed by atoms with Crippen LogP contribution >= 0.6 is 46.4 Å². The second-order valence-corrected chi connectivity index (χ2v) is 11.2. The maximum atomic E-state index is 14.0. The molecular formula is C29H39Cl4N5O3. The SMILES string of the molecule is CCN(CC)CCCN(C(=O)CN)C(=O)[C@H](C(=O)CN)N(CCc1ccc(Cl)cc1Cl)CCc1ccc(Cl)cc1Cl. The van der Waals surface area contributed by atoms with Gasteiger partial charge in [0.25, 0.3) is 5.91 Å². The fourth-order valence-corrected chi connectivity index (χ4v) is 5.57. The second kappa shape index (κ2) is 18.0. The Kier molecular flexibility index (Phi) is 15.6. The van der Waals surface area contributed by atoms with Crippen LogP contribution in [0, 0.1) is 0 Å². The van der Waals surface area contributed by atoms with Gasteiger partial charge in [-0.2, -0.15) is 0 Å². The Morgan fingerprint density at radius 1 is 0.756 bits per heavy atom. The Hall–Kier alpha value is -1.75. The third-order valence-electron chi connectivity index (χ3n) is 6.96. The van der Waals surface area contributed by atoms with Gasteiger partial charge in [-0.15, -0.1) is 0 Å². The first-order valence-corrected chi connectivity index (χ1v) is 15.2. The van der Waals surface area contributed by atoms with E-state index >= 15 is 0 Å². The lowest BCUT2D eigenvalue weighted by Crippen LogP contribution is -2.57. The second-order valence-electron chi connectivity index (χ2n) is 9.55. The molecule has 0 bridgehead atoms. The van der Waals surface area contributed by atoms with Crippen molar-refractivity contribution in [2.75, 3.05) is 52.4 Å². The summed E-state index contributed by atoms with van der Waals surface area (Å²) < 4.78 is 0. The van der Waals surface area contributed by atoms with E-state index < -0.39 is 23.6 Å². The number of imide groups is 1. The highest BCUT2D eigenvalue weighted by molar-refractivity contribution is 6.35. The van der Waals surface area contributed by atoms with E-state index in [-0.39, 0.29) is 32.7 Å². The van der Waals surface area contributed by atoms with Crippen molar-refractivity contribution in [3.8, 4) is 0 Å². The van der Waals surface area contributed by atoms with Gasteiger partial charge < -0.3 is 16.4 Å². The lowest BCUT2D eigenvalue weighted by atomic mass is 10.0. The molecule has 226 valence electrons. The molecule has 0 saturated carbocycles. The van der Waals surface area contributed by atoms with Crippen LogP contribution in [0.3, 0.4) is 0 Å². The molecule has 1 atom stereocenters. The monoisotopic (exact) mass is 645 g/mol. The molecule has 0 heterocycles. The Morgan fingerprint density at radius 2 is 1.27 bits per heavy atom. The molecule has 2 amide bonds. The summed E-state index contributed by atoms with van der Waals surface area (Å²) in [5, 5.41) is 1.95. The van der Waals surface area contributed by atoms with Gasteiger partial charge in [-0.1, -0.05) is 72.4 Å². The highest BCUT2D eigenvalue weighted by atomic mass is 35.5. The first-order chi connectivity index (χ1) is 19.6. The van der Waals surface area contributed by atoms with E-state index in [0.717, 1.165) is 29.1 Å². The maximum absolute atomic E-state index is 14.0. The fourth-order valence-electron chi connectivity index (χ4n) is 4.56. The number of Topliss-reactive ketones (excluding diaryl/α,β-unsaturated/α-hetero) is 1. The molecule has 2 aromatic carbocycles. The Labute approximate surface area is 262 Å². The molecule has 0 fully saturated rings. The van der Waals surface area contributed by atoms with Gasteiger partial charge in [-0.25, -0.2) is 0 Å². The molecule has 41 heavy (non-hydrogen) atoms. The van der Waals surface area contributed by atoms with E-state index in [1.54, 1.807) is 41.3 Å². The smallest absolute Gasteiger partial charge is 0.254 e. The Bertz CT molecular complexity index is 1120. The van der Waals surface area contributed by atoms with Gasteiger partial charge in [0.2, 0.25) is 5.91 Å². The zero-order valence-electron chi connectivity index (χ0n) is 23.6. The number of ketones is 1. The third-order valence-corrected chi connectivity index (χ3v) is 8.14. The lowest BCUT2D eigenvalue weighted by molar-refractivity contribution is -0.150. The molecule has 12 heteroatoms. The average molecular weight is 647 g/mol. The summed E-state index contributed by atoms with van der Waals surface area (Å²) in [5.41, 5.74) is 13.1. The number of amides is 2. The number of carbonyl (C=O) groups excluding carboxylic acids is 3. The summed E-state index contributed by atoms with van der Waals surface area (Å²) in [4.78, 5) is 45.1. The van der Waals surface area contributed by atoms with Crippen LogP contribution in [0.4, 0.5) is 0 Å². The quantitative estimate of drug-likeness (QED) is 0.246. The van der Waals surface area contributed by atoms with Gasteiger partial charge in [-0.3, -0.25) is 24.2 Å². The number of nitrogens with two attached hydrogens (primary N) is 2. The Morgan fingerprint density at radius 3 is 1.68 bits per heavy atom. The molecular weight excluding hydrogens is 608 g/mol. The number of hydrogen-bond acceptors (Lipinski definition) is 7. The van der Waals surface area contributed by atoms with Crippen molar-refractivity contribution >= 4 is 64.0 Å². The summed E-state index contributed by atoms with van der Waals surface area (Å²) in [6.45, 7) is 6.43. The minimum absolute atomic E-state index is 0.138. The maximum Gasteiger partial charge on any atom is 0.254 e. The first-order valence-electron chi connectivity index (χ1n) is 13.7. The average Bonchev–Trinajstić information content (AvgIpc) is 2.95. The molecule has 0 radical (unpaired) electrons. The van der Waals surface area contributed by atoms with Crippen LogP contribution < -0.4 is 11.5 Å². The van der Waals surface area contributed by atoms with Gasteiger partial charge >= 0.3 is 0 Å². The number of carbonyl (C=O) groups is 3. The number of rotatable bonds is 17. The van der Waals surface area contributed by atoms with Crippen molar-refractivity contribution in [2.24, 2.45) is 11.5 Å². The standard InChI is InChI=1S/C29H39Cl4N5O3/c1-3-36(4-2)12-5-13-38(27(40)19-35)29(41)28(26(39)18-34)37(14-10-20-6-8-22(30)16-24(20)32)15-11-21-7-9-23(31)17-25(21)33/h6-9,16-17,28H,3-5,10-15,18-19,34-35H2,1-2H3/t28-/m0/s1. The topological polar surface area (TPSA) is 113 Å². The summed E-state index contributed by atoms with van der Waals surface area (Å²) in [7, 11) is 0. The number of halogens is 4. The molecule has 0 spiro atoms. The normalized spacial score (nSPS) is 12.1. The number of benzene rings is 2. The molecule has 0 aliphatic heterocycles. The molecule has 2 rings (SSSR count). The van der Waals surface area contributed by atoms with Crippen LogP contribution in [0.5, 0.6) is 0 Å². The predicted molar refractivity (Wildman–Crippen MR) is 168 cm³/mol. The molecule has 0 aliphatic rings. The largest absolute Gasteiger partial charge is 0.324 e. The zero-order valence-corrected chi connectivity index (χ0v) is 26.6. The molecule has 0 aliphatic carbocycles.